The Kier molecular flexibility index (Phi) is 3.87. The number of carboxylic acid groups (broad SMARTS) is 1. The summed E-state index contributed by atoms with van der Waals surface area (Å²) < 4.78 is 10.5. The van der Waals surface area contributed by atoms with E-state index in [-0.39, 0.29) is 11.3 Å². The molecule has 0 saturated carbocycles. The highest BCUT2D eigenvalue weighted by Crippen LogP contribution is 2.32. The van der Waals surface area contributed by atoms with E-state index in [1.54, 1.807) is 12.1 Å². The van der Waals surface area contributed by atoms with Crippen molar-refractivity contribution in [3.63, 3.8) is 0 Å². The fourth-order valence-electron chi connectivity index (χ4n) is 1.46. The lowest BCUT2D eigenvalue weighted by Crippen LogP contribution is -2.01. The van der Waals surface area contributed by atoms with Crippen molar-refractivity contribution in [1.82, 2.24) is 4.98 Å². The van der Waals surface area contributed by atoms with Crippen LogP contribution in [0.5, 0.6) is 17.2 Å². The molecule has 0 unspecified atom stereocenters. The van der Waals surface area contributed by atoms with Crippen LogP contribution in [0.4, 0.5) is 0 Å². The van der Waals surface area contributed by atoms with E-state index in [1.165, 1.54) is 31.6 Å². The van der Waals surface area contributed by atoms with Gasteiger partial charge in [0.25, 0.3) is 0 Å². The molecular formula is C13H10ClNO4. The Morgan fingerprint density at radius 1 is 1.32 bits per heavy atom. The number of hydrogen-bond acceptors (Lipinski definition) is 4. The first-order chi connectivity index (χ1) is 9.11. The Bertz CT molecular complexity index is 615. The smallest absolute Gasteiger partial charge is 0.339 e. The summed E-state index contributed by atoms with van der Waals surface area (Å²) in [7, 11) is 1.46. The van der Waals surface area contributed by atoms with Crippen LogP contribution in [-0.2, 0) is 0 Å². The van der Waals surface area contributed by atoms with Crippen LogP contribution in [0, 0.1) is 0 Å². The predicted octanol–water partition coefficient (Wildman–Crippen LogP) is 3.23. The summed E-state index contributed by atoms with van der Waals surface area (Å²) >= 11 is 5.90. The molecule has 0 aliphatic rings. The molecule has 1 aromatic carbocycles. The van der Waals surface area contributed by atoms with E-state index < -0.39 is 5.97 Å². The van der Waals surface area contributed by atoms with Crippen LogP contribution in [0.3, 0.4) is 0 Å². The second-order valence-corrected chi connectivity index (χ2v) is 3.98. The zero-order valence-corrected chi connectivity index (χ0v) is 10.7. The number of carboxylic acids is 1. The topological polar surface area (TPSA) is 68.7 Å². The van der Waals surface area contributed by atoms with Gasteiger partial charge in [0.05, 0.1) is 7.11 Å². The summed E-state index contributed by atoms with van der Waals surface area (Å²) in [6.45, 7) is 0. The van der Waals surface area contributed by atoms with Crippen molar-refractivity contribution < 1.29 is 19.4 Å². The van der Waals surface area contributed by atoms with Crippen molar-refractivity contribution in [3.05, 3.63) is 47.2 Å². The first kappa shape index (κ1) is 13.2. The number of hydrogen-bond donors (Lipinski definition) is 1. The fourth-order valence-corrected chi connectivity index (χ4v) is 1.61. The van der Waals surface area contributed by atoms with E-state index in [9.17, 15) is 4.79 Å². The molecule has 0 fully saturated rings. The molecule has 98 valence electrons. The number of methoxy groups -OCH3 is 1. The minimum absolute atomic E-state index is 0.00720. The van der Waals surface area contributed by atoms with Crippen molar-refractivity contribution >= 4 is 17.6 Å². The standard InChI is InChI=1S/C13H10ClNO4/c1-18-8-2-3-11(9(6-8)13(16)17)19-12-4-5-15-7-10(12)14/h2-7H,1H3,(H,16,17). The zero-order valence-electron chi connectivity index (χ0n) is 9.96. The third-order valence-corrected chi connectivity index (χ3v) is 2.66. The third kappa shape index (κ3) is 2.95. The van der Waals surface area contributed by atoms with E-state index in [0.717, 1.165) is 0 Å². The minimum Gasteiger partial charge on any atom is -0.497 e. The van der Waals surface area contributed by atoms with Crippen molar-refractivity contribution in [1.29, 1.82) is 0 Å². The molecule has 0 radical (unpaired) electrons. The Labute approximate surface area is 114 Å². The van der Waals surface area contributed by atoms with Crippen LogP contribution < -0.4 is 9.47 Å². The molecular weight excluding hydrogens is 270 g/mol. The molecule has 19 heavy (non-hydrogen) atoms. The number of halogens is 1. The highest BCUT2D eigenvalue weighted by molar-refractivity contribution is 6.31. The van der Waals surface area contributed by atoms with E-state index in [4.69, 9.17) is 26.2 Å². The van der Waals surface area contributed by atoms with Gasteiger partial charge in [0, 0.05) is 18.5 Å². The number of benzene rings is 1. The summed E-state index contributed by atoms with van der Waals surface area (Å²) in [5.74, 6) is -0.157. The van der Waals surface area contributed by atoms with Crippen LogP contribution in [0.25, 0.3) is 0 Å². The van der Waals surface area contributed by atoms with Crippen molar-refractivity contribution in [3.8, 4) is 17.2 Å². The lowest BCUT2D eigenvalue weighted by atomic mass is 10.2. The van der Waals surface area contributed by atoms with E-state index >= 15 is 0 Å². The maximum atomic E-state index is 11.2. The van der Waals surface area contributed by atoms with Crippen molar-refractivity contribution in [2.75, 3.05) is 7.11 Å². The second kappa shape index (κ2) is 5.58. The SMILES string of the molecule is COc1ccc(Oc2ccncc2Cl)c(C(=O)O)c1. The normalized spacial score (nSPS) is 10.0. The maximum Gasteiger partial charge on any atom is 0.339 e. The average Bonchev–Trinajstić information content (AvgIpc) is 2.41. The van der Waals surface area contributed by atoms with Crippen molar-refractivity contribution in [2.45, 2.75) is 0 Å². The van der Waals surface area contributed by atoms with Crippen molar-refractivity contribution in [2.24, 2.45) is 0 Å². The average molecular weight is 280 g/mol. The number of aromatic nitrogens is 1. The Hall–Kier alpha value is -2.27. The summed E-state index contributed by atoms with van der Waals surface area (Å²) in [6, 6.07) is 6.06. The van der Waals surface area contributed by atoms with Crippen LogP contribution in [-0.4, -0.2) is 23.2 Å². The molecule has 0 spiro atoms. The summed E-state index contributed by atoms with van der Waals surface area (Å²) in [5, 5.41) is 9.45. The Morgan fingerprint density at radius 3 is 2.74 bits per heavy atom. The highest BCUT2D eigenvalue weighted by atomic mass is 35.5. The Morgan fingerprint density at radius 2 is 2.11 bits per heavy atom. The minimum atomic E-state index is -1.11. The second-order valence-electron chi connectivity index (χ2n) is 3.58. The number of carbonyl (C=O) groups is 1. The third-order valence-electron chi connectivity index (χ3n) is 2.37. The van der Waals surface area contributed by atoms with Gasteiger partial charge in [-0.25, -0.2) is 4.79 Å². The monoisotopic (exact) mass is 279 g/mol. The number of ether oxygens (including phenoxy) is 2. The van der Waals surface area contributed by atoms with Gasteiger partial charge in [-0.05, 0) is 18.2 Å². The van der Waals surface area contributed by atoms with Gasteiger partial charge in [-0.2, -0.15) is 0 Å². The largest absolute Gasteiger partial charge is 0.497 e. The van der Waals surface area contributed by atoms with Gasteiger partial charge in [-0.15, -0.1) is 0 Å². The van der Waals surface area contributed by atoms with Gasteiger partial charge in [0.15, 0.2) is 0 Å². The quantitative estimate of drug-likeness (QED) is 0.930. The van der Waals surface area contributed by atoms with Gasteiger partial charge < -0.3 is 14.6 Å². The molecule has 1 aromatic heterocycles. The van der Waals surface area contributed by atoms with E-state index in [1.807, 2.05) is 0 Å². The molecule has 6 heteroatoms. The first-order valence-corrected chi connectivity index (χ1v) is 5.68. The van der Waals surface area contributed by atoms with E-state index in [2.05, 4.69) is 4.98 Å². The number of aromatic carboxylic acids is 1. The summed E-state index contributed by atoms with van der Waals surface area (Å²) in [6.07, 6.45) is 2.92. The number of pyridine rings is 1. The molecule has 0 bridgehead atoms. The molecule has 5 nitrogen and oxygen atoms in total. The van der Waals surface area contributed by atoms with Crippen LogP contribution in [0.15, 0.2) is 36.7 Å². The predicted molar refractivity (Wildman–Crippen MR) is 69.3 cm³/mol. The zero-order chi connectivity index (χ0) is 13.8. The van der Waals surface area contributed by atoms with Crippen LogP contribution >= 0.6 is 11.6 Å². The lowest BCUT2D eigenvalue weighted by Gasteiger charge is -2.10. The fraction of sp³-hybridized carbons (Fsp3) is 0.0769. The molecule has 1 heterocycles. The lowest BCUT2D eigenvalue weighted by molar-refractivity contribution is 0.0693. The Balaban J connectivity index is 2.40. The highest BCUT2D eigenvalue weighted by Gasteiger charge is 2.14. The molecule has 1 N–H and O–H groups in total. The van der Waals surface area contributed by atoms with Gasteiger partial charge in [0.2, 0.25) is 0 Å². The maximum absolute atomic E-state index is 11.2. The number of rotatable bonds is 4. The summed E-state index contributed by atoms with van der Waals surface area (Å²) in [4.78, 5) is 15.0. The molecule has 0 saturated heterocycles. The molecule has 0 aliphatic heterocycles. The molecule has 2 aromatic rings. The van der Waals surface area contributed by atoms with Gasteiger partial charge in [-0.1, -0.05) is 11.6 Å². The van der Waals surface area contributed by atoms with Gasteiger partial charge in [-0.3, -0.25) is 4.98 Å². The first-order valence-electron chi connectivity index (χ1n) is 5.30. The molecule has 0 amide bonds. The molecule has 2 rings (SSSR count). The summed E-state index contributed by atoms with van der Waals surface area (Å²) in [5.41, 5.74) is -0.00720. The van der Waals surface area contributed by atoms with Crippen LogP contribution in [0.2, 0.25) is 5.02 Å². The van der Waals surface area contributed by atoms with E-state index in [0.29, 0.717) is 16.5 Å². The number of nitrogens with zero attached hydrogens (tertiary/aromatic N) is 1. The van der Waals surface area contributed by atoms with Gasteiger partial charge in [0.1, 0.15) is 27.8 Å². The van der Waals surface area contributed by atoms with Crippen LogP contribution in [0.1, 0.15) is 10.4 Å². The van der Waals surface area contributed by atoms with Gasteiger partial charge >= 0.3 is 5.97 Å². The molecule has 0 aliphatic carbocycles. The molecule has 0 atom stereocenters.